The molecule has 5 nitrogen and oxygen atoms in total. The van der Waals surface area contributed by atoms with Gasteiger partial charge in [-0.15, -0.1) is 0 Å². The number of carbonyl (C=O) groups excluding carboxylic acids is 2. The number of hydrogen-bond donors (Lipinski definition) is 1. The highest BCUT2D eigenvalue weighted by Gasteiger charge is 2.28. The summed E-state index contributed by atoms with van der Waals surface area (Å²) in [5.74, 6) is -0.706. The second-order valence-corrected chi connectivity index (χ2v) is 7.03. The molecule has 0 bridgehead atoms. The molecule has 28 heavy (non-hydrogen) atoms. The van der Waals surface area contributed by atoms with Crippen molar-refractivity contribution >= 4 is 29.2 Å². The molecule has 4 rings (SSSR count). The lowest BCUT2D eigenvalue weighted by Crippen LogP contribution is -2.22. The average molecular weight is 396 g/mol. The molecule has 1 N–H and O–H groups in total. The molecule has 1 heterocycles. The van der Waals surface area contributed by atoms with Crippen molar-refractivity contribution in [2.45, 2.75) is 18.8 Å². The van der Waals surface area contributed by atoms with Crippen LogP contribution in [-0.4, -0.2) is 21.7 Å². The molecule has 0 fully saturated rings. The first kappa shape index (κ1) is 18.3. The van der Waals surface area contributed by atoms with E-state index in [0.29, 0.717) is 34.7 Å². The van der Waals surface area contributed by atoms with E-state index in [9.17, 15) is 14.0 Å². The molecule has 1 aromatic heterocycles. The normalized spacial score (nSPS) is 15.8. The number of halogens is 2. The summed E-state index contributed by atoms with van der Waals surface area (Å²) in [4.78, 5) is 33.3. The van der Waals surface area contributed by atoms with Crippen LogP contribution in [0, 0.1) is 5.82 Å². The van der Waals surface area contributed by atoms with E-state index in [4.69, 9.17) is 11.6 Å². The van der Waals surface area contributed by atoms with Crippen LogP contribution in [0.1, 0.15) is 44.3 Å². The summed E-state index contributed by atoms with van der Waals surface area (Å²) in [5.41, 5.74) is 2.34. The van der Waals surface area contributed by atoms with Gasteiger partial charge in [-0.25, -0.2) is 14.4 Å². The maximum absolute atomic E-state index is 13.2. The van der Waals surface area contributed by atoms with Crippen LogP contribution < -0.4 is 5.32 Å². The number of carbonyl (C=O) groups is 2. The Balaban J connectivity index is 1.56. The Labute approximate surface area is 165 Å². The van der Waals surface area contributed by atoms with Crippen LogP contribution in [0.3, 0.4) is 0 Å². The minimum absolute atomic E-state index is 0.0637. The summed E-state index contributed by atoms with van der Waals surface area (Å²) in [7, 11) is 0. The molecule has 0 spiro atoms. The lowest BCUT2D eigenvalue weighted by molar-refractivity contribution is 0.0962. The molecule has 7 heteroatoms. The number of anilines is 1. The third-order valence-electron chi connectivity index (χ3n) is 4.71. The summed E-state index contributed by atoms with van der Waals surface area (Å²) in [6.45, 7) is 0. The van der Waals surface area contributed by atoms with Gasteiger partial charge in [0.1, 0.15) is 5.82 Å². The van der Waals surface area contributed by atoms with E-state index in [2.05, 4.69) is 15.3 Å². The standard InChI is InChI=1S/C21H15ClFN3O2/c22-15-5-1-13(2-6-15)20(28)26-21-24-11-17-18(25-21)9-14(10-19(17)27)12-3-7-16(23)8-4-12/h1-8,11,14H,9-10H2,(H,24,25,26,28). The van der Waals surface area contributed by atoms with Gasteiger partial charge < -0.3 is 0 Å². The average Bonchev–Trinajstić information content (AvgIpc) is 2.68. The molecular formula is C21H15ClFN3O2. The minimum atomic E-state index is -0.367. The van der Waals surface area contributed by atoms with Gasteiger partial charge in [-0.1, -0.05) is 23.7 Å². The fourth-order valence-electron chi connectivity index (χ4n) is 3.25. The van der Waals surface area contributed by atoms with Gasteiger partial charge in [0.25, 0.3) is 5.91 Å². The number of rotatable bonds is 3. The zero-order valence-electron chi connectivity index (χ0n) is 14.7. The first-order chi connectivity index (χ1) is 13.5. The number of benzene rings is 2. The van der Waals surface area contributed by atoms with E-state index < -0.39 is 0 Å². The Morgan fingerprint density at radius 1 is 1.07 bits per heavy atom. The van der Waals surface area contributed by atoms with Crippen LogP contribution in [0.5, 0.6) is 0 Å². The molecule has 0 aliphatic heterocycles. The number of amides is 1. The lowest BCUT2D eigenvalue weighted by Gasteiger charge is -2.23. The van der Waals surface area contributed by atoms with Gasteiger partial charge >= 0.3 is 0 Å². The first-order valence-corrected chi connectivity index (χ1v) is 9.09. The van der Waals surface area contributed by atoms with Crippen LogP contribution in [0.2, 0.25) is 5.02 Å². The maximum Gasteiger partial charge on any atom is 0.258 e. The van der Waals surface area contributed by atoms with Crippen molar-refractivity contribution in [2.24, 2.45) is 0 Å². The fraction of sp³-hybridized carbons (Fsp3) is 0.143. The van der Waals surface area contributed by atoms with Gasteiger partial charge in [0.15, 0.2) is 5.78 Å². The molecule has 1 unspecified atom stereocenters. The van der Waals surface area contributed by atoms with E-state index >= 15 is 0 Å². The quantitative estimate of drug-likeness (QED) is 0.711. The highest BCUT2D eigenvalue weighted by molar-refractivity contribution is 6.30. The number of ketones is 1. The number of Topliss-reactive ketones (excluding diaryl/α,β-unsaturated/α-hetero) is 1. The number of nitrogens with one attached hydrogen (secondary N) is 1. The van der Waals surface area contributed by atoms with Crippen LogP contribution >= 0.6 is 11.6 Å². The van der Waals surface area contributed by atoms with Crippen molar-refractivity contribution in [3.8, 4) is 0 Å². The molecule has 3 aromatic rings. The Morgan fingerprint density at radius 3 is 2.50 bits per heavy atom. The van der Waals surface area contributed by atoms with Gasteiger partial charge in [0.2, 0.25) is 5.95 Å². The van der Waals surface area contributed by atoms with Crippen molar-refractivity contribution in [1.29, 1.82) is 0 Å². The molecule has 1 amide bonds. The van der Waals surface area contributed by atoms with E-state index in [1.807, 2.05) is 0 Å². The summed E-state index contributed by atoms with van der Waals surface area (Å²) in [5, 5.41) is 3.17. The van der Waals surface area contributed by atoms with Crippen LogP contribution in [0.25, 0.3) is 0 Å². The van der Waals surface area contributed by atoms with E-state index in [0.717, 1.165) is 5.56 Å². The van der Waals surface area contributed by atoms with Crippen LogP contribution in [0.15, 0.2) is 54.7 Å². The Kier molecular flexibility index (Phi) is 4.88. The first-order valence-electron chi connectivity index (χ1n) is 8.71. The number of nitrogens with zero attached hydrogens (tertiary/aromatic N) is 2. The van der Waals surface area contributed by atoms with Crippen molar-refractivity contribution < 1.29 is 14.0 Å². The minimum Gasteiger partial charge on any atom is -0.294 e. The predicted molar refractivity (Wildman–Crippen MR) is 103 cm³/mol. The number of hydrogen-bond acceptors (Lipinski definition) is 4. The largest absolute Gasteiger partial charge is 0.294 e. The van der Waals surface area contributed by atoms with E-state index in [-0.39, 0.29) is 29.4 Å². The predicted octanol–water partition coefficient (Wildman–Crippen LogP) is 4.43. The van der Waals surface area contributed by atoms with Gasteiger partial charge in [-0.2, -0.15) is 0 Å². The molecule has 140 valence electrons. The second-order valence-electron chi connectivity index (χ2n) is 6.59. The zero-order valence-corrected chi connectivity index (χ0v) is 15.4. The topological polar surface area (TPSA) is 72.0 Å². The van der Waals surface area contributed by atoms with Crippen LogP contribution in [-0.2, 0) is 6.42 Å². The Bertz CT molecular complexity index is 1050. The third-order valence-corrected chi connectivity index (χ3v) is 4.96. The molecule has 1 atom stereocenters. The third kappa shape index (κ3) is 3.77. The molecular weight excluding hydrogens is 381 g/mol. The smallest absolute Gasteiger partial charge is 0.258 e. The molecule has 1 aliphatic carbocycles. The second kappa shape index (κ2) is 7.48. The van der Waals surface area contributed by atoms with Crippen molar-refractivity contribution in [2.75, 3.05) is 5.32 Å². The number of aromatic nitrogens is 2. The fourth-order valence-corrected chi connectivity index (χ4v) is 3.38. The van der Waals surface area contributed by atoms with E-state index in [1.165, 1.54) is 18.3 Å². The monoisotopic (exact) mass is 395 g/mol. The Hall–Kier alpha value is -3.12. The molecule has 0 radical (unpaired) electrons. The van der Waals surface area contributed by atoms with Gasteiger partial charge in [-0.3, -0.25) is 14.9 Å². The molecule has 1 aliphatic rings. The zero-order chi connectivity index (χ0) is 19.7. The van der Waals surface area contributed by atoms with Crippen LogP contribution in [0.4, 0.5) is 10.3 Å². The van der Waals surface area contributed by atoms with E-state index in [1.54, 1.807) is 36.4 Å². The highest BCUT2D eigenvalue weighted by Crippen LogP contribution is 2.32. The SMILES string of the molecule is O=C(Nc1ncc2c(n1)CC(c1ccc(F)cc1)CC2=O)c1ccc(Cl)cc1. The summed E-state index contributed by atoms with van der Waals surface area (Å²) in [6, 6.07) is 12.6. The van der Waals surface area contributed by atoms with Crippen molar-refractivity contribution in [3.63, 3.8) is 0 Å². The molecule has 2 aromatic carbocycles. The van der Waals surface area contributed by atoms with Gasteiger partial charge in [0, 0.05) is 23.2 Å². The van der Waals surface area contributed by atoms with Gasteiger partial charge in [-0.05, 0) is 54.3 Å². The maximum atomic E-state index is 13.2. The van der Waals surface area contributed by atoms with Gasteiger partial charge in [0.05, 0.1) is 11.3 Å². The molecule has 0 saturated carbocycles. The van der Waals surface area contributed by atoms with Crippen molar-refractivity contribution in [3.05, 3.63) is 88.0 Å². The van der Waals surface area contributed by atoms with Crippen molar-refractivity contribution in [1.82, 2.24) is 9.97 Å². The number of fused-ring (bicyclic) bond motifs is 1. The highest BCUT2D eigenvalue weighted by atomic mass is 35.5. The summed E-state index contributed by atoms with van der Waals surface area (Å²) in [6.07, 6.45) is 2.28. The lowest BCUT2D eigenvalue weighted by atomic mass is 9.82. The summed E-state index contributed by atoms with van der Waals surface area (Å²) >= 11 is 5.83. The Morgan fingerprint density at radius 2 is 1.79 bits per heavy atom. The summed E-state index contributed by atoms with van der Waals surface area (Å²) < 4.78 is 13.2. The molecule has 0 saturated heterocycles.